The lowest BCUT2D eigenvalue weighted by Crippen LogP contribution is -2.16. The summed E-state index contributed by atoms with van der Waals surface area (Å²) < 4.78 is 0. The first-order chi connectivity index (χ1) is 28.2. The first-order valence-corrected chi connectivity index (χ1v) is 19.6. The molecule has 2 aliphatic carbocycles. The van der Waals surface area contributed by atoms with Crippen molar-refractivity contribution in [2.45, 2.75) is 84.5 Å². The number of nitrogens with one attached hydrogen (secondary N) is 5. The SMILES string of the molecule is C#Cc1cnc2c(c1C)CCCC2.CCc1ccc(C=N)c(N/C(C=NC)=C/N)c1.Cc1c(C#N)cnc2c1CCCC2Cc1ccc(C=N)c(N/C(C=N)=C/N)c1. The summed E-state index contributed by atoms with van der Waals surface area (Å²) in [6.07, 6.45) is 26.9. The Hall–Kier alpha value is -6.85. The van der Waals surface area contributed by atoms with Crippen LogP contribution in [0.15, 0.2) is 77.6 Å². The average molecular weight is 774 g/mol. The van der Waals surface area contributed by atoms with Gasteiger partial charge in [-0.3, -0.25) is 15.0 Å². The second-order valence-corrected chi connectivity index (χ2v) is 14.2. The number of aryl methyl sites for hydroxylation is 2. The molecule has 9 N–H and O–H groups in total. The minimum Gasteiger partial charge on any atom is -0.403 e. The molecule has 1 atom stereocenters. The van der Waals surface area contributed by atoms with Gasteiger partial charge < -0.3 is 38.3 Å². The van der Waals surface area contributed by atoms with Crippen molar-refractivity contribution in [3.8, 4) is 18.4 Å². The van der Waals surface area contributed by atoms with Crippen LogP contribution in [0.4, 0.5) is 11.4 Å². The summed E-state index contributed by atoms with van der Waals surface area (Å²) in [7, 11) is 1.69. The molecule has 58 heavy (non-hydrogen) atoms. The molecule has 11 nitrogen and oxygen atoms in total. The zero-order valence-electron chi connectivity index (χ0n) is 34.0. The molecule has 0 aliphatic heterocycles. The molecule has 6 rings (SSSR count). The number of nitrogens with two attached hydrogens (primary N) is 2. The number of nitriles is 1. The number of aliphatic imine (C=N–C) groups is 1. The monoisotopic (exact) mass is 773 g/mol. The summed E-state index contributed by atoms with van der Waals surface area (Å²) in [5.74, 6) is 2.99. The lowest BCUT2D eigenvalue weighted by molar-refractivity contribution is 0.533. The third-order valence-electron chi connectivity index (χ3n) is 10.6. The van der Waals surface area contributed by atoms with Gasteiger partial charge in [-0.25, -0.2) is 0 Å². The Bertz CT molecular complexity index is 2290. The number of pyridine rings is 2. The number of allylic oxidation sites excluding steroid dienone is 2. The summed E-state index contributed by atoms with van der Waals surface area (Å²) in [4.78, 5) is 12.9. The van der Waals surface area contributed by atoms with E-state index in [1.54, 1.807) is 19.5 Å². The Morgan fingerprint density at radius 1 is 0.862 bits per heavy atom. The molecule has 1 unspecified atom stereocenters. The summed E-state index contributed by atoms with van der Waals surface area (Å²) in [6.45, 7) is 6.22. The van der Waals surface area contributed by atoms with E-state index in [-0.39, 0.29) is 0 Å². The van der Waals surface area contributed by atoms with E-state index in [1.165, 1.54) is 65.6 Å². The van der Waals surface area contributed by atoms with Crippen LogP contribution in [0, 0.1) is 53.8 Å². The van der Waals surface area contributed by atoms with E-state index in [1.807, 2.05) is 49.5 Å². The van der Waals surface area contributed by atoms with Gasteiger partial charge in [0.2, 0.25) is 0 Å². The molecule has 0 fully saturated rings. The molecule has 4 aromatic rings. The van der Waals surface area contributed by atoms with Crippen molar-refractivity contribution >= 4 is 36.2 Å². The van der Waals surface area contributed by atoms with Crippen molar-refractivity contribution < 1.29 is 0 Å². The molecule has 0 saturated carbocycles. The van der Waals surface area contributed by atoms with Crippen LogP contribution in [-0.2, 0) is 32.1 Å². The Balaban J connectivity index is 0.000000211. The van der Waals surface area contributed by atoms with Gasteiger partial charge in [0.15, 0.2) is 0 Å². The Labute approximate surface area is 343 Å². The van der Waals surface area contributed by atoms with Crippen LogP contribution >= 0.6 is 0 Å². The van der Waals surface area contributed by atoms with Gasteiger partial charge in [-0.2, -0.15) is 5.26 Å². The van der Waals surface area contributed by atoms with E-state index in [0.29, 0.717) is 22.9 Å². The molecular formula is C47H55N11. The second-order valence-electron chi connectivity index (χ2n) is 14.2. The molecule has 2 heterocycles. The third-order valence-corrected chi connectivity index (χ3v) is 10.6. The van der Waals surface area contributed by atoms with E-state index in [0.717, 1.165) is 96.0 Å². The Morgan fingerprint density at radius 2 is 1.47 bits per heavy atom. The number of hydrogen-bond acceptors (Lipinski definition) is 11. The van der Waals surface area contributed by atoms with Crippen LogP contribution < -0.4 is 22.1 Å². The van der Waals surface area contributed by atoms with Crippen LogP contribution in [0.1, 0.15) is 106 Å². The Morgan fingerprint density at radius 3 is 2.07 bits per heavy atom. The van der Waals surface area contributed by atoms with Crippen molar-refractivity contribution in [3.63, 3.8) is 0 Å². The quantitative estimate of drug-likeness (QED) is 0.0586. The van der Waals surface area contributed by atoms with Crippen molar-refractivity contribution in [2.75, 3.05) is 17.7 Å². The van der Waals surface area contributed by atoms with Crippen LogP contribution in [0.3, 0.4) is 0 Å². The highest BCUT2D eigenvalue weighted by atomic mass is 14.9. The number of terminal acetylenes is 1. The fourth-order valence-electron chi connectivity index (χ4n) is 7.29. The van der Waals surface area contributed by atoms with Gasteiger partial charge in [-0.15, -0.1) is 6.42 Å². The third kappa shape index (κ3) is 11.1. The number of aromatic nitrogens is 2. The summed E-state index contributed by atoms with van der Waals surface area (Å²) in [5.41, 5.74) is 26.7. The smallest absolute Gasteiger partial charge is 0.101 e. The zero-order chi connectivity index (χ0) is 42.0. The minimum atomic E-state index is 0.307. The average Bonchev–Trinajstić information content (AvgIpc) is 3.26. The molecule has 298 valence electrons. The molecule has 2 aromatic heterocycles. The predicted octanol–water partition coefficient (Wildman–Crippen LogP) is 8.19. The molecule has 0 bridgehead atoms. The first kappa shape index (κ1) is 43.9. The number of anilines is 2. The maximum atomic E-state index is 9.27. The van der Waals surface area contributed by atoms with Gasteiger partial charge in [-0.1, -0.05) is 37.1 Å². The number of hydrogen-bond donors (Lipinski definition) is 7. The first-order valence-electron chi connectivity index (χ1n) is 19.6. The predicted molar refractivity (Wildman–Crippen MR) is 240 cm³/mol. The normalized spacial score (nSPS) is 14.5. The molecule has 2 aromatic carbocycles. The molecular weight excluding hydrogens is 719 g/mol. The fourth-order valence-corrected chi connectivity index (χ4v) is 7.29. The van der Waals surface area contributed by atoms with Crippen molar-refractivity contribution in [1.82, 2.24) is 9.97 Å². The largest absolute Gasteiger partial charge is 0.403 e. The molecule has 0 spiro atoms. The van der Waals surface area contributed by atoms with Gasteiger partial charge in [0.05, 0.1) is 17.0 Å². The van der Waals surface area contributed by atoms with Crippen LogP contribution in [0.2, 0.25) is 0 Å². The van der Waals surface area contributed by atoms with Gasteiger partial charge >= 0.3 is 0 Å². The number of fused-ring (bicyclic) bond motifs is 2. The molecule has 0 amide bonds. The summed E-state index contributed by atoms with van der Waals surface area (Å²) in [5, 5.41) is 37.9. The van der Waals surface area contributed by atoms with Gasteiger partial charge in [0.25, 0.3) is 0 Å². The lowest BCUT2D eigenvalue weighted by atomic mass is 9.80. The zero-order valence-corrected chi connectivity index (χ0v) is 34.0. The van der Waals surface area contributed by atoms with Gasteiger partial charge in [0, 0.05) is 102 Å². The Kier molecular flexibility index (Phi) is 16.7. The van der Waals surface area contributed by atoms with E-state index in [2.05, 4.69) is 51.4 Å². The van der Waals surface area contributed by atoms with E-state index in [4.69, 9.17) is 34.1 Å². The lowest BCUT2D eigenvalue weighted by Gasteiger charge is -2.26. The van der Waals surface area contributed by atoms with Crippen molar-refractivity contribution in [2.24, 2.45) is 16.5 Å². The van der Waals surface area contributed by atoms with E-state index >= 15 is 0 Å². The fraction of sp³-hybridized carbons (Fsp3) is 0.298. The van der Waals surface area contributed by atoms with Crippen LogP contribution in [0.5, 0.6) is 0 Å². The maximum Gasteiger partial charge on any atom is 0.101 e. The highest BCUT2D eigenvalue weighted by molar-refractivity contribution is 5.91. The van der Waals surface area contributed by atoms with E-state index in [9.17, 15) is 5.26 Å². The van der Waals surface area contributed by atoms with Crippen molar-refractivity contribution in [3.05, 3.63) is 140 Å². The second kappa shape index (κ2) is 22.0. The van der Waals surface area contributed by atoms with Gasteiger partial charge in [-0.05, 0) is 117 Å². The summed E-state index contributed by atoms with van der Waals surface area (Å²) in [6, 6.07) is 14.1. The molecule has 0 radical (unpaired) electrons. The molecule has 11 heteroatoms. The highest BCUT2D eigenvalue weighted by Gasteiger charge is 2.25. The standard InChI is InChI=1S/C22H24N6.C13H18N4.C12H13N/c1-14-18(10-24)13-27-22-16(3-2-4-20(14)22)7-15-5-6-17(9-23)21(8-15)28-19(11-25)12-26;1-3-10-4-5-11(7-14)13(6-10)17-12(8-15)9-16-2;1-3-10-8-13-12-7-5-4-6-11(12)9(10)2/h5-6,8-9,11-13,16,23,25,28H,2-4,7,26H2,1H3;4-9,14,17H,3,15H2,1-2H3;1,8H,4-7H2,2H3/b19-12+,23-9?,25-11?;12-8+,14-7?,16-9?;. The number of benzene rings is 2. The summed E-state index contributed by atoms with van der Waals surface area (Å²) >= 11 is 0. The highest BCUT2D eigenvalue weighted by Crippen LogP contribution is 2.36. The molecule has 2 aliphatic rings. The van der Waals surface area contributed by atoms with Crippen LogP contribution in [-0.4, -0.2) is 41.9 Å². The van der Waals surface area contributed by atoms with E-state index < -0.39 is 0 Å². The number of nitrogens with zero attached hydrogens (tertiary/aromatic N) is 4. The van der Waals surface area contributed by atoms with Crippen molar-refractivity contribution in [1.29, 1.82) is 21.5 Å². The molecule has 0 saturated heterocycles. The topological polar surface area (TPSA) is 210 Å². The van der Waals surface area contributed by atoms with Crippen LogP contribution in [0.25, 0.3) is 0 Å². The van der Waals surface area contributed by atoms with Gasteiger partial charge in [0.1, 0.15) is 6.07 Å². The minimum absolute atomic E-state index is 0.307. The maximum absolute atomic E-state index is 9.27. The number of rotatable bonds is 11.